The van der Waals surface area contributed by atoms with Crippen LogP contribution in [-0.4, -0.2) is 35.3 Å². The van der Waals surface area contributed by atoms with Gasteiger partial charge in [-0.15, -0.1) is 0 Å². The van der Waals surface area contributed by atoms with Gasteiger partial charge in [0.2, 0.25) is 11.8 Å². The molecule has 2 amide bonds. The summed E-state index contributed by atoms with van der Waals surface area (Å²) in [5, 5.41) is 2.25. The number of hydrogen-bond acceptors (Lipinski definition) is 3. The van der Waals surface area contributed by atoms with Gasteiger partial charge in [0.1, 0.15) is 22.7 Å². The number of carbonyl (C=O) groups is 2. The number of aromatic nitrogens is 1. The molecule has 1 aliphatic carbocycles. The van der Waals surface area contributed by atoms with Crippen LogP contribution in [0.2, 0.25) is 0 Å². The zero-order chi connectivity index (χ0) is 18.7. The Labute approximate surface area is 150 Å². The molecule has 0 bridgehead atoms. The van der Waals surface area contributed by atoms with E-state index >= 15 is 0 Å². The molecule has 1 fully saturated rings. The number of pyridine rings is 1. The second-order valence-corrected chi connectivity index (χ2v) is 6.47. The lowest BCUT2D eigenvalue weighted by atomic mass is 10.0. The van der Waals surface area contributed by atoms with Crippen molar-refractivity contribution in [1.29, 1.82) is 0 Å². The monoisotopic (exact) mass is 359 g/mol. The van der Waals surface area contributed by atoms with E-state index in [1.54, 1.807) is 19.4 Å². The number of rotatable bonds is 6. The number of para-hydroxylation sites is 1. The molecule has 2 aromatic rings. The Hall–Kier alpha value is -2.83. The van der Waals surface area contributed by atoms with Crippen molar-refractivity contribution in [3.8, 4) is 0 Å². The highest BCUT2D eigenvalue weighted by Gasteiger charge is 2.57. The molecule has 3 rings (SSSR count). The second kappa shape index (κ2) is 7.19. The normalized spacial score (nSPS) is 14.6. The fraction of sp³-hybridized carbons (Fsp3) is 0.316. The summed E-state index contributed by atoms with van der Waals surface area (Å²) >= 11 is 0. The van der Waals surface area contributed by atoms with E-state index in [1.807, 2.05) is 12.1 Å². The molecule has 1 N–H and O–H groups in total. The van der Waals surface area contributed by atoms with Crippen molar-refractivity contribution < 1.29 is 18.4 Å². The number of hydrogen-bond donors (Lipinski definition) is 1. The van der Waals surface area contributed by atoms with Gasteiger partial charge in [0, 0.05) is 26.0 Å². The first-order chi connectivity index (χ1) is 12.4. The highest BCUT2D eigenvalue weighted by atomic mass is 19.1. The Morgan fingerprint density at radius 3 is 2.35 bits per heavy atom. The van der Waals surface area contributed by atoms with Crippen molar-refractivity contribution in [3.63, 3.8) is 0 Å². The van der Waals surface area contributed by atoms with Crippen LogP contribution in [0.1, 0.15) is 18.4 Å². The maximum atomic E-state index is 13.7. The number of likely N-dealkylation sites (N-methyl/N-ethyl adjacent to an activating group) is 1. The first-order valence-electron chi connectivity index (χ1n) is 8.34. The third-order valence-corrected chi connectivity index (χ3v) is 4.63. The van der Waals surface area contributed by atoms with Crippen LogP contribution in [0.4, 0.5) is 14.5 Å². The largest absolute Gasteiger partial charge is 0.344 e. The van der Waals surface area contributed by atoms with E-state index in [9.17, 15) is 18.4 Å². The molecule has 0 spiro atoms. The number of nitrogens with one attached hydrogen (secondary N) is 1. The van der Waals surface area contributed by atoms with Crippen LogP contribution >= 0.6 is 0 Å². The predicted molar refractivity (Wildman–Crippen MR) is 92.2 cm³/mol. The van der Waals surface area contributed by atoms with E-state index < -0.39 is 28.6 Å². The number of nitrogens with zero attached hydrogens (tertiary/aromatic N) is 2. The molecule has 136 valence electrons. The van der Waals surface area contributed by atoms with Gasteiger partial charge >= 0.3 is 0 Å². The minimum absolute atomic E-state index is 0.333. The molecule has 1 aromatic heterocycles. The minimum atomic E-state index is -1.23. The molecule has 0 radical (unpaired) electrons. The van der Waals surface area contributed by atoms with Crippen molar-refractivity contribution in [3.05, 3.63) is 59.9 Å². The first-order valence-corrected chi connectivity index (χ1v) is 8.34. The van der Waals surface area contributed by atoms with Gasteiger partial charge < -0.3 is 10.2 Å². The van der Waals surface area contributed by atoms with Crippen molar-refractivity contribution in [2.45, 2.75) is 19.3 Å². The van der Waals surface area contributed by atoms with Crippen LogP contribution in [0.15, 0.2) is 42.7 Å². The summed E-state index contributed by atoms with van der Waals surface area (Å²) < 4.78 is 27.5. The fourth-order valence-corrected chi connectivity index (χ4v) is 2.83. The van der Waals surface area contributed by atoms with E-state index in [0.29, 0.717) is 25.8 Å². The molecule has 26 heavy (non-hydrogen) atoms. The topological polar surface area (TPSA) is 62.3 Å². The number of carbonyl (C=O) groups excluding carboxylic acids is 2. The van der Waals surface area contributed by atoms with Crippen LogP contribution < -0.4 is 5.32 Å². The van der Waals surface area contributed by atoms with E-state index in [0.717, 1.165) is 17.7 Å². The molecule has 1 saturated carbocycles. The quantitative estimate of drug-likeness (QED) is 0.807. The van der Waals surface area contributed by atoms with Crippen LogP contribution in [0.25, 0.3) is 0 Å². The SMILES string of the molecule is CN(CCc1ccncc1)C(=O)C1(C(=O)Nc2c(F)cccc2F)CC1. The maximum absolute atomic E-state index is 13.7. The van der Waals surface area contributed by atoms with Crippen LogP contribution in [0, 0.1) is 17.0 Å². The van der Waals surface area contributed by atoms with Crippen LogP contribution in [0.3, 0.4) is 0 Å². The Balaban J connectivity index is 1.65. The molecule has 0 aliphatic heterocycles. The van der Waals surface area contributed by atoms with Gasteiger partial charge in [0.25, 0.3) is 0 Å². The van der Waals surface area contributed by atoms with E-state index in [2.05, 4.69) is 10.3 Å². The summed E-state index contributed by atoms with van der Waals surface area (Å²) in [5.41, 5.74) is -0.722. The standard InChI is InChI=1S/C19H19F2N3O2/c1-24(12-7-13-5-10-22-11-6-13)18(26)19(8-9-19)17(25)23-16-14(20)3-2-4-15(16)21/h2-6,10-11H,7-9,12H2,1H3,(H,23,25). The van der Waals surface area contributed by atoms with Gasteiger partial charge in [-0.3, -0.25) is 14.6 Å². The Morgan fingerprint density at radius 2 is 1.77 bits per heavy atom. The van der Waals surface area contributed by atoms with Gasteiger partial charge in [-0.25, -0.2) is 8.78 Å². The van der Waals surface area contributed by atoms with Crippen molar-refractivity contribution in [1.82, 2.24) is 9.88 Å². The highest BCUT2D eigenvalue weighted by Crippen LogP contribution is 2.48. The van der Waals surface area contributed by atoms with E-state index in [1.165, 1.54) is 11.0 Å². The molecule has 5 nitrogen and oxygen atoms in total. The average Bonchev–Trinajstić information content (AvgIpc) is 3.45. The van der Waals surface area contributed by atoms with E-state index in [-0.39, 0.29) is 5.91 Å². The third-order valence-electron chi connectivity index (χ3n) is 4.63. The summed E-state index contributed by atoms with van der Waals surface area (Å²) in [7, 11) is 1.63. The maximum Gasteiger partial charge on any atom is 0.240 e. The van der Waals surface area contributed by atoms with Crippen molar-refractivity contribution in [2.75, 3.05) is 18.9 Å². The summed E-state index contributed by atoms with van der Waals surface area (Å²) in [6.07, 6.45) is 4.72. The summed E-state index contributed by atoms with van der Waals surface area (Å²) in [6, 6.07) is 7.05. The molecule has 1 aromatic carbocycles. The van der Waals surface area contributed by atoms with Crippen LogP contribution in [-0.2, 0) is 16.0 Å². The van der Waals surface area contributed by atoms with Crippen molar-refractivity contribution in [2.24, 2.45) is 5.41 Å². The summed E-state index contributed by atoms with van der Waals surface area (Å²) in [5.74, 6) is -2.73. The molecule has 0 saturated heterocycles. The predicted octanol–water partition coefficient (Wildman–Crippen LogP) is 2.78. The number of amides is 2. The number of benzene rings is 1. The molecule has 0 unspecified atom stereocenters. The van der Waals surface area contributed by atoms with Gasteiger partial charge in [0.15, 0.2) is 0 Å². The molecular weight excluding hydrogens is 340 g/mol. The van der Waals surface area contributed by atoms with Gasteiger partial charge in [0.05, 0.1) is 0 Å². The summed E-state index contributed by atoms with van der Waals surface area (Å²) in [6.45, 7) is 0.436. The van der Waals surface area contributed by atoms with E-state index in [4.69, 9.17) is 0 Å². The number of halogens is 2. The lowest BCUT2D eigenvalue weighted by molar-refractivity contribution is -0.141. The molecule has 1 aliphatic rings. The Morgan fingerprint density at radius 1 is 1.15 bits per heavy atom. The lowest BCUT2D eigenvalue weighted by Gasteiger charge is -2.23. The second-order valence-electron chi connectivity index (χ2n) is 6.47. The zero-order valence-electron chi connectivity index (χ0n) is 14.3. The van der Waals surface area contributed by atoms with Crippen molar-refractivity contribution >= 4 is 17.5 Å². The molecular formula is C19H19F2N3O2. The highest BCUT2D eigenvalue weighted by molar-refractivity contribution is 6.13. The first kappa shape index (κ1) is 18.0. The molecule has 0 atom stereocenters. The fourth-order valence-electron chi connectivity index (χ4n) is 2.83. The number of anilines is 1. The lowest BCUT2D eigenvalue weighted by Crippen LogP contribution is -2.42. The molecule has 1 heterocycles. The van der Waals surface area contributed by atoms with Gasteiger partial charge in [-0.1, -0.05) is 6.07 Å². The average molecular weight is 359 g/mol. The zero-order valence-corrected chi connectivity index (χ0v) is 14.3. The third kappa shape index (κ3) is 3.56. The van der Waals surface area contributed by atoms with Crippen LogP contribution in [0.5, 0.6) is 0 Å². The Bertz CT molecular complexity index is 803. The summed E-state index contributed by atoms with van der Waals surface area (Å²) in [4.78, 5) is 30.7. The minimum Gasteiger partial charge on any atom is -0.344 e. The van der Waals surface area contributed by atoms with Gasteiger partial charge in [-0.2, -0.15) is 0 Å². The Kier molecular flexibility index (Phi) is 4.97. The molecule has 7 heteroatoms. The van der Waals surface area contributed by atoms with Gasteiger partial charge in [-0.05, 0) is 49.1 Å². The smallest absolute Gasteiger partial charge is 0.240 e.